The molecule has 0 aliphatic heterocycles. The molecule has 1 aromatic carbocycles. The van der Waals surface area contributed by atoms with Crippen LogP contribution in [-0.2, 0) is 6.61 Å². The number of benzene rings is 1. The summed E-state index contributed by atoms with van der Waals surface area (Å²) in [5, 5.41) is 6.24. The molecule has 25 heavy (non-hydrogen) atoms. The van der Waals surface area contributed by atoms with Gasteiger partial charge in [-0.2, -0.15) is 0 Å². The third-order valence-corrected chi connectivity index (χ3v) is 5.43. The Balaban J connectivity index is 1.51. The van der Waals surface area contributed by atoms with Crippen molar-refractivity contribution in [1.29, 1.82) is 0 Å². The fourth-order valence-electron chi connectivity index (χ4n) is 3.20. The summed E-state index contributed by atoms with van der Waals surface area (Å²) in [6, 6.07) is 7.69. The molecule has 1 heterocycles. The SMILES string of the molecule is Cc1nc(COc2ccc(C(=O)NC3CCCCCCC3)cc2)cs1. The van der Waals surface area contributed by atoms with Gasteiger partial charge >= 0.3 is 0 Å². The van der Waals surface area contributed by atoms with Gasteiger partial charge in [0.25, 0.3) is 5.91 Å². The standard InChI is InChI=1S/C20H26N2O2S/c1-15-21-18(14-25-15)13-24-19-11-9-16(10-12-19)20(23)22-17-7-5-3-2-4-6-8-17/h9-12,14,17H,2-8,13H2,1H3,(H,22,23). The van der Waals surface area contributed by atoms with E-state index in [0.717, 1.165) is 29.3 Å². The van der Waals surface area contributed by atoms with Crippen LogP contribution in [0, 0.1) is 6.92 Å². The Bertz CT molecular complexity index is 673. The van der Waals surface area contributed by atoms with Crippen molar-refractivity contribution in [1.82, 2.24) is 10.3 Å². The lowest BCUT2D eigenvalue weighted by Gasteiger charge is -2.21. The molecule has 5 heteroatoms. The zero-order chi connectivity index (χ0) is 17.5. The van der Waals surface area contributed by atoms with Gasteiger partial charge in [-0.3, -0.25) is 4.79 Å². The highest BCUT2D eigenvalue weighted by Crippen LogP contribution is 2.19. The average molecular weight is 359 g/mol. The van der Waals surface area contributed by atoms with Crippen LogP contribution in [0.15, 0.2) is 29.6 Å². The van der Waals surface area contributed by atoms with E-state index in [9.17, 15) is 4.79 Å². The van der Waals surface area contributed by atoms with Crippen LogP contribution in [0.25, 0.3) is 0 Å². The number of thiazole rings is 1. The normalized spacial score (nSPS) is 16.0. The van der Waals surface area contributed by atoms with E-state index in [0.29, 0.717) is 18.2 Å². The van der Waals surface area contributed by atoms with Crippen molar-refractivity contribution in [3.63, 3.8) is 0 Å². The first-order valence-corrected chi connectivity index (χ1v) is 10.0. The molecule has 2 aromatic rings. The second-order valence-electron chi connectivity index (χ2n) is 6.69. The van der Waals surface area contributed by atoms with Crippen molar-refractivity contribution in [2.75, 3.05) is 0 Å². The molecule has 0 radical (unpaired) electrons. The lowest BCUT2D eigenvalue weighted by atomic mass is 9.96. The number of aromatic nitrogens is 1. The highest BCUT2D eigenvalue weighted by molar-refractivity contribution is 7.09. The molecule has 0 unspecified atom stereocenters. The second-order valence-corrected chi connectivity index (χ2v) is 7.75. The summed E-state index contributed by atoms with van der Waals surface area (Å²) >= 11 is 1.62. The van der Waals surface area contributed by atoms with Crippen molar-refractivity contribution in [2.45, 2.75) is 64.5 Å². The zero-order valence-electron chi connectivity index (χ0n) is 14.8. The highest BCUT2D eigenvalue weighted by atomic mass is 32.1. The molecule has 1 aliphatic rings. The summed E-state index contributed by atoms with van der Waals surface area (Å²) in [5.74, 6) is 0.778. The lowest BCUT2D eigenvalue weighted by Crippen LogP contribution is -2.35. The van der Waals surface area contributed by atoms with Crippen molar-refractivity contribution in [3.8, 4) is 5.75 Å². The van der Waals surface area contributed by atoms with Crippen LogP contribution in [0.2, 0.25) is 0 Å². The number of aryl methyl sites for hydroxylation is 1. The van der Waals surface area contributed by atoms with E-state index in [-0.39, 0.29) is 5.91 Å². The Morgan fingerprint density at radius 2 is 1.84 bits per heavy atom. The van der Waals surface area contributed by atoms with E-state index in [2.05, 4.69) is 10.3 Å². The van der Waals surface area contributed by atoms with E-state index >= 15 is 0 Å². The van der Waals surface area contributed by atoms with Crippen LogP contribution in [-0.4, -0.2) is 16.9 Å². The molecule has 3 rings (SSSR count). The number of hydrogen-bond donors (Lipinski definition) is 1. The Morgan fingerprint density at radius 3 is 2.48 bits per heavy atom. The number of amides is 1. The minimum atomic E-state index is 0.0206. The molecule has 1 aliphatic carbocycles. The van der Waals surface area contributed by atoms with Crippen molar-refractivity contribution in [3.05, 3.63) is 45.9 Å². The third-order valence-electron chi connectivity index (χ3n) is 4.61. The zero-order valence-corrected chi connectivity index (χ0v) is 15.6. The largest absolute Gasteiger partial charge is 0.487 e. The summed E-state index contributed by atoms with van der Waals surface area (Å²) < 4.78 is 5.73. The minimum absolute atomic E-state index is 0.0206. The predicted octanol–water partition coefficient (Wildman–Crippen LogP) is 4.87. The molecule has 0 saturated heterocycles. The van der Waals surface area contributed by atoms with Gasteiger partial charge < -0.3 is 10.1 Å². The highest BCUT2D eigenvalue weighted by Gasteiger charge is 2.15. The first-order valence-electron chi connectivity index (χ1n) is 9.15. The lowest BCUT2D eigenvalue weighted by molar-refractivity contribution is 0.0930. The topological polar surface area (TPSA) is 51.2 Å². The first kappa shape index (κ1) is 17.9. The molecule has 4 nitrogen and oxygen atoms in total. The van der Waals surface area contributed by atoms with Crippen LogP contribution in [0.4, 0.5) is 0 Å². The molecule has 0 atom stereocenters. The number of carbonyl (C=O) groups is 1. The molecule has 0 spiro atoms. The number of rotatable bonds is 5. The van der Waals surface area contributed by atoms with Crippen molar-refractivity contribution in [2.24, 2.45) is 0 Å². The third kappa shape index (κ3) is 5.56. The predicted molar refractivity (Wildman–Crippen MR) is 101 cm³/mol. The van der Waals surface area contributed by atoms with E-state index in [1.807, 2.05) is 36.6 Å². The maximum Gasteiger partial charge on any atom is 0.251 e. The summed E-state index contributed by atoms with van der Waals surface area (Å²) in [7, 11) is 0. The van der Waals surface area contributed by atoms with Crippen molar-refractivity contribution >= 4 is 17.2 Å². The number of ether oxygens (including phenoxy) is 1. The number of nitrogens with one attached hydrogen (secondary N) is 1. The van der Waals surface area contributed by atoms with Crippen LogP contribution >= 0.6 is 11.3 Å². The van der Waals surface area contributed by atoms with Crippen LogP contribution < -0.4 is 10.1 Å². The fourth-order valence-corrected chi connectivity index (χ4v) is 3.80. The molecular weight excluding hydrogens is 332 g/mol. The molecular formula is C20H26N2O2S. The van der Waals surface area contributed by atoms with Crippen LogP contribution in [0.3, 0.4) is 0 Å². The van der Waals surface area contributed by atoms with E-state index in [4.69, 9.17) is 4.74 Å². The van der Waals surface area contributed by atoms with Crippen molar-refractivity contribution < 1.29 is 9.53 Å². The molecule has 1 amide bonds. The quantitative estimate of drug-likeness (QED) is 0.829. The van der Waals surface area contributed by atoms with Gasteiger partial charge in [0.05, 0.1) is 10.7 Å². The Kier molecular flexibility index (Phi) is 6.45. The first-order chi connectivity index (χ1) is 12.2. The Labute approximate surface area is 153 Å². The van der Waals surface area contributed by atoms with Gasteiger partial charge in [-0.1, -0.05) is 32.1 Å². The average Bonchev–Trinajstić information content (AvgIpc) is 3.01. The maximum absolute atomic E-state index is 12.4. The molecule has 134 valence electrons. The smallest absolute Gasteiger partial charge is 0.251 e. The maximum atomic E-state index is 12.4. The summed E-state index contributed by atoms with van der Waals surface area (Å²) in [4.78, 5) is 16.8. The molecule has 1 N–H and O–H groups in total. The summed E-state index contributed by atoms with van der Waals surface area (Å²) in [5.41, 5.74) is 1.63. The van der Waals surface area contributed by atoms with Gasteiger partial charge in [-0.25, -0.2) is 4.98 Å². The molecule has 1 fully saturated rings. The molecule has 0 bridgehead atoms. The Hall–Kier alpha value is -1.88. The molecule has 1 saturated carbocycles. The number of hydrogen-bond acceptors (Lipinski definition) is 4. The van der Waals surface area contributed by atoms with Gasteiger partial charge in [-0.15, -0.1) is 11.3 Å². The second kappa shape index (κ2) is 8.99. The van der Waals surface area contributed by atoms with E-state index in [1.165, 1.54) is 32.1 Å². The van der Waals surface area contributed by atoms with E-state index < -0.39 is 0 Å². The number of carbonyl (C=O) groups excluding carboxylic acids is 1. The van der Waals surface area contributed by atoms with Gasteiger partial charge in [0.2, 0.25) is 0 Å². The summed E-state index contributed by atoms with van der Waals surface area (Å²) in [6.45, 7) is 2.44. The van der Waals surface area contributed by atoms with Gasteiger partial charge in [0, 0.05) is 17.0 Å². The van der Waals surface area contributed by atoms with Crippen LogP contribution in [0.5, 0.6) is 5.75 Å². The van der Waals surface area contributed by atoms with Gasteiger partial charge in [0.1, 0.15) is 12.4 Å². The Morgan fingerprint density at radius 1 is 1.16 bits per heavy atom. The van der Waals surface area contributed by atoms with Crippen LogP contribution in [0.1, 0.15) is 66.0 Å². The fraction of sp³-hybridized carbons (Fsp3) is 0.500. The van der Waals surface area contributed by atoms with E-state index in [1.54, 1.807) is 11.3 Å². The van der Waals surface area contributed by atoms with Gasteiger partial charge in [-0.05, 0) is 44.0 Å². The monoisotopic (exact) mass is 358 g/mol. The van der Waals surface area contributed by atoms with Gasteiger partial charge in [0.15, 0.2) is 0 Å². The summed E-state index contributed by atoms with van der Waals surface area (Å²) in [6.07, 6.45) is 8.54. The number of nitrogens with zero attached hydrogens (tertiary/aromatic N) is 1. The molecule has 1 aromatic heterocycles. The minimum Gasteiger partial charge on any atom is -0.487 e.